The van der Waals surface area contributed by atoms with E-state index in [2.05, 4.69) is 5.10 Å². The monoisotopic (exact) mass is 212 g/mol. The Morgan fingerprint density at radius 3 is 2.60 bits per heavy atom. The highest BCUT2D eigenvalue weighted by atomic mass is 16.4. The first-order chi connectivity index (χ1) is 6.99. The highest BCUT2D eigenvalue weighted by Crippen LogP contribution is 2.26. The number of aliphatic hydroxyl groups is 1. The maximum Gasteiger partial charge on any atom is 0.309 e. The molecular formula is C10H16N2O3. The fourth-order valence-electron chi connectivity index (χ4n) is 1.56. The average Bonchev–Trinajstić information content (AvgIpc) is 2.48. The maximum atomic E-state index is 10.9. The largest absolute Gasteiger partial charge is 0.481 e. The first-order valence-electron chi connectivity index (χ1n) is 4.88. The summed E-state index contributed by atoms with van der Waals surface area (Å²) in [5, 5.41) is 22.8. The molecule has 5 heteroatoms. The van der Waals surface area contributed by atoms with Gasteiger partial charge >= 0.3 is 5.97 Å². The van der Waals surface area contributed by atoms with Crippen LogP contribution in [0.25, 0.3) is 0 Å². The Bertz CT molecular complexity index is 360. The number of aliphatic hydroxyl groups excluding tert-OH is 1. The van der Waals surface area contributed by atoms with E-state index in [4.69, 9.17) is 5.11 Å². The van der Waals surface area contributed by atoms with Crippen LogP contribution in [0.2, 0.25) is 0 Å². The van der Waals surface area contributed by atoms with E-state index in [1.54, 1.807) is 25.6 Å². The van der Waals surface area contributed by atoms with Gasteiger partial charge in [0.15, 0.2) is 0 Å². The summed E-state index contributed by atoms with van der Waals surface area (Å²) in [5.74, 6) is -1.75. The summed E-state index contributed by atoms with van der Waals surface area (Å²) >= 11 is 0. The summed E-state index contributed by atoms with van der Waals surface area (Å²) in [6.07, 6.45) is 0.928. The number of aryl methyl sites for hydroxylation is 1. The molecular weight excluding hydrogens is 196 g/mol. The Labute approximate surface area is 88.3 Å². The molecule has 0 radical (unpaired) electrons. The minimum absolute atomic E-state index is 0.394. The number of aromatic nitrogens is 2. The molecule has 0 saturated carbocycles. The molecule has 1 heterocycles. The van der Waals surface area contributed by atoms with Gasteiger partial charge in [-0.25, -0.2) is 0 Å². The summed E-state index contributed by atoms with van der Waals surface area (Å²) in [6.45, 7) is 3.55. The van der Waals surface area contributed by atoms with Crippen molar-refractivity contribution in [1.29, 1.82) is 0 Å². The second-order valence-corrected chi connectivity index (χ2v) is 3.61. The van der Waals surface area contributed by atoms with Crippen LogP contribution in [0.3, 0.4) is 0 Å². The van der Waals surface area contributed by atoms with Crippen molar-refractivity contribution in [3.63, 3.8) is 0 Å². The number of aliphatic carboxylic acids is 1. The molecule has 0 bridgehead atoms. The van der Waals surface area contributed by atoms with Crippen molar-refractivity contribution in [3.05, 3.63) is 17.5 Å². The summed E-state index contributed by atoms with van der Waals surface area (Å²) in [6, 6.07) is 0. The molecule has 0 aromatic carbocycles. The number of rotatable bonds is 4. The van der Waals surface area contributed by atoms with Crippen LogP contribution < -0.4 is 0 Å². The molecule has 1 rings (SSSR count). The average molecular weight is 212 g/mol. The van der Waals surface area contributed by atoms with Crippen LogP contribution in [0.15, 0.2) is 6.20 Å². The third-order valence-electron chi connectivity index (χ3n) is 2.73. The van der Waals surface area contributed by atoms with Crippen LogP contribution in [-0.4, -0.2) is 26.0 Å². The molecule has 84 valence electrons. The highest BCUT2D eigenvalue weighted by Gasteiger charge is 2.28. The topological polar surface area (TPSA) is 75.3 Å². The maximum absolute atomic E-state index is 10.9. The predicted molar refractivity (Wildman–Crippen MR) is 54.3 cm³/mol. The quantitative estimate of drug-likeness (QED) is 0.776. The number of nitrogens with zero attached hydrogens (tertiary/aromatic N) is 2. The Morgan fingerprint density at radius 2 is 2.27 bits per heavy atom. The molecule has 0 fully saturated rings. The SMILES string of the molecule is CCC(C(=O)O)C(O)c1cnn(C)c1C. The molecule has 0 aliphatic heterocycles. The molecule has 2 unspecified atom stereocenters. The van der Waals surface area contributed by atoms with E-state index in [1.165, 1.54) is 6.20 Å². The van der Waals surface area contributed by atoms with Gasteiger partial charge in [-0.15, -0.1) is 0 Å². The van der Waals surface area contributed by atoms with Crippen LogP contribution in [0.5, 0.6) is 0 Å². The minimum Gasteiger partial charge on any atom is -0.481 e. The zero-order chi connectivity index (χ0) is 11.6. The highest BCUT2D eigenvalue weighted by molar-refractivity contribution is 5.71. The van der Waals surface area contributed by atoms with Crippen molar-refractivity contribution < 1.29 is 15.0 Å². The minimum atomic E-state index is -0.985. The standard InChI is InChI=1S/C10H16N2O3/c1-4-7(10(14)15)9(13)8-5-11-12(3)6(8)2/h5,7,9,13H,4H2,1-3H3,(H,14,15). The molecule has 0 saturated heterocycles. The van der Waals surface area contributed by atoms with Crippen molar-refractivity contribution in [2.45, 2.75) is 26.4 Å². The zero-order valence-electron chi connectivity index (χ0n) is 9.14. The van der Waals surface area contributed by atoms with Gasteiger partial charge in [-0.3, -0.25) is 9.48 Å². The summed E-state index contributed by atoms with van der Waals surface area (Å²) in [5.41, 5.74) is 1.38. The van der Waals surface area contributed by atoms with Crippen molar-refractivity contribution in [2.24, 2.45) is 13.0 Å². The summed E-state index contributed by atoms with van der Waals surface area (Å²) in [4.78, 5) is 10.9. The van der Waals surface area contributed by atoms with Gasteiger partial charge in [0, 0.05) is 18.3 Å². The van der Waals surface area contributed by atoms with Gasteiger partial charge < -0.3 is 10.2 Å². The number of hydrogen-bond acceptors (Lipinski definition) is 3. The van der Waals surface area contributed by atoms with Crippen LogP contribution in [-0.2, 0) is 11.8 Å². The second kappa shape index (κ2) is 4.44. The third kappa shape index (κ3) is 2.18. The van der Waals surface area contributed by atoms with E-state index < -0.39 is 18.0 Å². The lowest BCUT2D eigenvalue weighted by atomic mass is 9.94. The van der Waals surface area contributed by atoms with Crippen LogP contribution >= 0.6 is 0 Å². The van der Waals surface area contributed by atoms with E-state index in [9.17, 15) is 9.90 Å². The zero-order valence-corrected chi connectivity index (χ0v) is 9.14. The molecule has 0 aliphatic rings. The van der Waals surface area contributed by atoms with Gasteiger partial charge in [0.05, 0.1) is 18.2 Å². The third-order valence-corrected chi connectivity index (χ3v) is 2.73. The molecule has 5 nitrogen and oxygen atoms in total. The Morgan fingerprint density at radius 1 is 1.67 bits per heavy atom. The van der Waals surface area contributed by atoms with E-state index >= 15 is 0 Å². The van der Waals surface area contributed by atoms with Gasteiger partial charge in [0.25, 0.3) is 0 Å². The predicted octanol–water partition coefficient (Wildman–Crippen LogP) is 0.873. The summed E-state index contributed by atoms with van der Waals surface area (Å²) in [7, 11) is 1.76. The van der Waals surface area contributed by atoms with Gasteiger partial charge in [-0.2, -0.15) is 5.10 Å². The van der Waals surface area contributed by atoms with Gasteiger partial charge in [-0.05, 0) is 13.3 Å². The lowest BCUT2D eigenvalue weighted by Gasteiger charge is -2.17. The molecule has 0 amide bonds. The smallest absolute Gasteiger partial charge is 0.309 e. The number of carbonyl (C=O) groups is 1. The Balaban J connectivity index is 2.97. The first-order valence-corrected chi connectivity index (χ1v) is 4.88. The molecule has 2 N–H and O–H groups in total. The van der Waals surface area contributed by atoms with Gasteiger partial charge in [-0.1, -0.05) is 6.92 Å². The number of carboxylic acids is 1. The fraction of sp³-hybridized carbons (Fsp3) is 0.600. The van der Waals surface area contributed by atoms with Gasteiger partial charge in [0.1, 0.15) is 0 Å². The molecule has 1 aromatic rings. The van der Waals surface area contributed by atoms with Crippen molar-refractivity contribution >= 4 is 5.97 Å². The molecule has 0 aliphatic carbocycles. The van der Waals surface area contributed by atoms with E-state index in [-0.39, 0.29) is 0 Å². The fourth-order valence-corrected chi connectivity index (χ4v) is 1.56. The lowest BCUT2D eigenvalue weighted by Crippen LogP contribution is -2.21. The van der Waals surface area contributed by atoms with E-state index in [1.807, 2.05) is 0 Å². The van der Waals surface area contributed by atoms with Crippen molar-refractivity contribution in [1.82, 2.24) is 9.78 Å². The van der Waals surface area contributed by atoms with E-state index in [0.717, 1.165) is 5.69 Å². The molecule has 0 spiro atoms. The lowest BCUT2D eigenvalue weighted by molar-refractivity contribution is -0.146. The van der Waals surface area contributed by atoms with Crippen LogP contribution in [0, 0.1) is 12.8 Å². The van der Waals surface area contributed by atoms with Crippen molar-refractivity contribution in [3.8, 4) is 0 Å². The molecule has 2 atom stereocenters. The Kier molecular flexibility index (Phi) is 3.47. The van der Waals surface area contributed by atoms with Crippen LogP contribution in [0.1, 0.15) is 30.7 Å². The molecule has 1 aromatic heterocycles. The number of carboxylic acid groups (broad SMARTS) is 1. The number of hydrogen-bond donors (Lipinski definition) is 2. The second-order valence-electron chi connectivity index (χ2n) is 3.61. The van der Waals surface area contributed by atoms with Crippen molar-refractivity contribution in [2.75, 3.05) is 0 Å². The Hall–Kier alpha value is -1.36. The summed E-state index contributed by atoms with van der Waals surface area (Å²) < 4.78 is 1.62. The normalized spacial score (nSPS) is 14.9. The molecule has 15 heavy (non-hydrogen) atoms. The first kappa shape index (κ1) is 11.7. The van der Waals surface area contributed by atoms with Gasteiger partial charge in [0.2, 0.25) is 0 Å². The van der Waals surface area contributed by atoms with E-state index in [0.29, 0.717) is 12.0 Å². The van der Waals surface area contributed by atoms with Crippen LogP contribution in [0.4, 0.5) is 0 Å².